The summed E-state index contributed by atoms with van der Waals surface area (Å²) in [6.45, 7) is 0. The largest absolute Gasteiger partial charge is 0.454 e. The van der Waals surface area contributed by atoms with Gasteiger partial charge in [-0.3, -0.25) is 0 Å². The van der Waals surface area contributed by atoms with Crippen molar-refractivity contribution in [3.63, 3.8) is 0 Å². The minimum Gasteiger partial charge on any atom is -0.454 e. The van der Waals surface area contributed by atoms with E-state index in [2.05, 4.69) is 251 Å². The van der Waals surface area contributed by atoms with E-state index in [1.165, 1.54) is 43.8 Å². The number of anilines is 3. The van der Waals surface area contributed by atoms with Gasteiger partial charge in [0.2, 0.25) is 0 Å². The number of fused-ring (bicyclic) bond motifs is 9. The van der Waals surface area contributed by atoms with Crippen LogP contribution >= 0.6 is 0 Å². The van der Waals surface area contributed by atoms with E-state index in [1.54, 1.807) is 0 Å². The quantitative estimate of drug-likeness (QED) is 0.160. The molecule has 0 N–H and O–H groups in total. The van der Waals surface area contributed by atoms with Crippen LogP contribution in [0.15, 0.2) is 241 Å². The highest BCUT2D eigenvalue weighted by molar-refractivity contribution is 6.14. The van der Waals surface area contributed by atoms with E-state index in [9.17, 15) is 0 Å². The lowest BCUT2D eigenvalue weighted by Gasteiger charge is -2.26. The van der Waals surface area contributed by atoms with Gasteiger partial charge >= 0.3 is 0 Å². The zero-order valence-corrected chi connectivity index (χ0v) is 34.8. The summed E-state index contributed by atoms with van der Waals surface area (Å²) in [6.07, 6.45) is 0. The highest BCUT2D eigenvalue weighted by Crippen LogP contribution is 2.44. The maximum Gasteiger partial charge on any atom is 0.159 e. The molecule has 3 heterocycles. The van der Waals surface area contributed by atoms with Crippen LogP contribution in [0.4, 0.5) is 17.1 Å². The Balaban J connectivity index is 0.975. The highest BCUT2D eigenvalue weighted by atomic mass is 16.3. The zero-order chi connectivity index (χ0) is 42.1. The summed E-state index contributed by atoms with van der Waals surface area (Å²) in [5.74, 6) is 0. The third-order valence-corrected chi connectivity index (χ3v) is 12.9. The zero-order valence-electron chi connectivity index (χ0n) is 34.8. The molecule has 0 aliphatic rings. The number of rotatable bonds is 7. The normalized spacial score (nSPS) is 11.8. The number of para-hydroxylation sites is 5. The molecule has 0 bridgehead atoms. The first-order valence-corrected chi connectivity index (χ1v) is 21.8. The van der Waals surface area contributed by atoms with Gasteiger partial charge in [-0.05, 0) is 101 Å². The molecule has 13 aromatic rings. The van der Waals surface area contributed by atoms with Crippen LogP contribution in [0.2, 0.25) is 0 Å². The minimum absolute atomic E-state index is 0.836. The first kappa shape index (κ1) is 36.1. The van der Waals surface area contributed by atoms with Crippen LogP contribution in [0.5, 0.6) is 0 Å². The fraction of sp³-hybridized carbons (Fsp3) is 0. The number of hydrogen-bond donors (Lipinski definition) is 0. The van der Waals surface area contributed by atoms with E-state index in [4.69, 9.17) is 4.42 Å². The molecule has 4 heteroatoms. The van der Waals surface area contributed by atoms with Crippen LogP contribution in [0, 0.1) is 0 Å². The Kier molecular flexibility index (Phi) is 8.18. The molecule has 0 aliphatic carbocycles. The predicted octanol–water partition coefficient (Wildman–Crippen LogP) is 16.6. The van der Waals surface area contributed by atoms with Crippen LogP contribution in [0.1, 0.15) is 0 Å². The lowest BCUT2D eigenvalue weighted by Crippen LogP contribution is -2.09. The Morgan fingerprint density at radius 3 is 1.42 bits per heavy atom. The summed E-state index contributed by atoms with van der Waals surface area (Å²) < 4.78 is 11.7. The fourth-order valence-corrected chi connectivity index (χ4v) is 9.96. The van der Waals surface area contributed by atoms with E-state index in [1.807, 2.05) is 0 Å². The fourth-order valence-electron chi connectivity index (χ4n) is 9.96. The summed E-state index contributed by atoms with van der Waals surface area (Å²) >= 11 is 0. The first-order valence-electron chi connectivity index (χ1n) is 21.8. The van der Waals surface area contributed by atoms with Crippen molar-refractivity contribution in [2.45, 2.75) is 0 Å². The van der Waals surface area contributed by atoms with E-state index in [0.717, 1.165) is 72.5 Å². The Bertz CT molecular complexity index is 3820. The third kappa shape index (κ3) is 5.70. The summed E-state index contributed by atoms with van der Waals surface area (Å²) in [5.41, 5.74) is 16.4. The van der Waals surface area contributed by atoms with E-state index >= 15 is 0 Å². The van der Waals surface area contributed by atoms with Gasteiger partial charge in [0.1, 0.15) is 5.58 Å². The molecular formula is C60H39N3O. The van der Waals surface area contributed by atoms with Gasteiger partial charge in [-0.15, -0.1) is 0 Å². The second-order valence-corrected chi connectivity index (χ2v) is 16.5. The molecule has 64 heavy (non-hydrogen) atoms. The number of hydrogen-bond acceptors (Lipinski definition) is 2. The molecule has 300 valence electrons. The molecule has 10 aromatic carbocycles. The molecule has 0 fully saturated rings. The van der Waals surface area contributed by atoms with Crippen molar-refractivity contribution in [3.05, 3.63) is 237 Å². The number of benzene rings is 10. The molecule has 0 radical (unpaired) electrons. The third-order valence-electron chi connectivity index (χ3n) is 12.9. The van der Waals surface area contributed by atoms with Gasteiger partial charge < -0.3 is 18.5 Å². The van der Waals surface area contributed by atoms with Crippen molar-refractivity contribution in [1.29, 1.82) is 0 Å². The molecule has 0 unspecified atom stereocenters. The average molecular weight is 818 g/mol. The second-order valence-electron chi connectivity index (χ2n) is 16.5. The molecular weight excluding hydrogens is 779 g/mol. The van der Waals surface area contributed by atoms with Crippen LogP contribution in [-0.4, -0.2) is 9.13 Å². The molecule has 0 aliphatic heterocycles. The molecule has 0 saturated heterocycles. The number of nitrogens with zero attached hydrogens (tertiary/aromatic N) is 3. The molecule has 0 amide bonds. The van der Waals surface area contributed by atoms with Crippen LogP contribution in [0.3, 0.4) is 0 Å². The standard InChI is InChI=1S/C60H39N3O/c1-3-14-40(15-4-1)41-26-28-42(29-27-41)43-30-32-45(33-31-43)61(46-35-37-57-53(38-46)50-20-9-10-22-54(50)62(57)44-16-5-2-6-17-44)47-34-36-51-52-21-13-25-58(60(52)64-59(51)39-47)63-55-23-11-7-18-48(55)49-19-8-12-24-56(49)63/h1-39H. The van der Waals surface area contributed by atoms with Crippen molar-refractivity contribution < 1.29 is 4.42 Å². The van der Waals surface area contributed by atoms with Gasteiger partial charge in [-0.25, -0.2) is 0 Å². The van der Waals surface area contributed by atoms with Gasteiger partial charge in [0.05, 0.1) is 27.8 Å². The predicted molar refractivity (Wildman–Crippen MR) is 268 cm³/mol. The van der Waals surface area contributed by atoms with Gasteiger partial charge in [0.25, 0.3) is 0 Å². The maximum absolute atomic E-state index is 7.02. The SMILES string of the molecule is c1ccc(-c2ccc(-c3ccc(N(c4ccc5c(c4)oc4c(-n6c7ccccc7c7ccccc76)cccc45)c4ccc5c(c4)c4ccccc4n5-c4ccccc4)cc3)cc2)cc1. The minimum atomic E-state index is 0.836. The highest BCUT2D eigenvalue weighted by Gasteiger charge is 2.21. The summed E-state index contributed by atoms with van der Waals surface area (Å²) in [4.78, 5) is 2.36. The molecule has 13 rings (SSSR count). The lowest BCUT2D eigenvalue weighted by atomic mass is 10.00. The summed E-state index contributed by atoms with van der Waals surface area (Å²) in [5, 5.41) is 7.02. The average Bonchev–Trinajstić information content (AvgIpc) is 4.02. The Morgan fingerprint density at radius 1 is 0.297 bits per heavy atom. The molecule has 0 saturated carbocycles. The smallest absolute Gasteiger partial charge is 0.159 e. The van der Waals surface area contributed by atoms with Gasteiger partial charge in [-0.1, -0.05) is 152 Å². The Labute approximate surface area is 369 Å². The van der Waals surface area contributed by atoms with Gasteiger partial charge in [-0.2, -0.15) is 0 Å². The molecule has 3 aromatic heterocycles. The second kappa shape index (κ2) is 14.5. The topological polar surface area (TPSA) is 26.2 Å². The molecule has 4 nitrogen and oxygen atoms in total. The monoisotopic (exact) mass is 817 g/mol. The van der Waals surface area contributed by atoms with Crippen molar-refractivity contribution >= 4 is 82.6 Å². The van der Waals surface area contributed by atoms with Gasteiger partial charge in [0.15, 0.2) is 5.58 Å². The Hall–Kier alpha value is -8.60. The van der Waals surface area contributed by atoms with Crippen molar-refractivity contribution in [2.24, 2.45) is 0 Å². The molecule has 0 atom stereocenters. The first-order chi connectivity index (χ1) is 31.7. The van der Waals surface area contributed by atoms with E-state index in [-0.39, 0.29) is 0 Å². The van der Waals surface area contributed by atoms with Crippen molar-refractivity contribution in [2.75, 3.05) is 4.90 Å². The van der Waals surface area contributed by atoms with Crippen LogP contribution < -0.4 is 4.90 Å². The van der Waals surface area contributed by atoms with E-state index < -0.39 is 0 Å². The van der Waals surface area contributed by atoms with E-state index in [0.29, 0.717) is 0 Å². The van der Waals surface area contributed by atoms with Crippen LogP contribution in [-0.2, 0) is 0 Å². The number of furan rings is 1. The molecule has 0 spiro atoms. The summed E-state index contributed by atoms with van der Waals surface area (Å²) in [6, 6.07) is 85.0. The lowest BCUT2D eigenvalue weighted by molar-refractivity contribution is 0.666. The summed E-state index contributed by atoms with van der Waals surface area (Å²) in [7, 11) is 0. The van der Waals surface area contributed by atoms with Crippen LogP contribution in [0.25, 0.3) is 99.2 Å². The maximum atomic E-state index is 7.02. The number of aromatic nitrogens is 2. The Morgan fingerprint density at radius 2 is 0.766 bits per heavy atom. The van der Waals surface area contributed by atoms with Crippen molar-refractivity contribution in [1.82, 2.24) is 9.13 Å². The van der Waals surface area contributed by atoms with Crippen molar-refractivity contribution in [3.8, 4) is 33.6 Å². The van der Waals surface area contributed by atoms with Gasteiger partial charge in [0, 0.05) is 61.1 Å².